The lowest BCUT2D eigenvalue weighted by Crippen LogP contribution is -2.39. The molecule has 1 aliphatic rings. The van der Waals surface area contributed by atoms with Gasteiger partial charge in [0, 0.05) is 23.7 Å². The van der Waals surface area contributed by atoms with E-state index in [4.69, 9.17) is 25.6 Å². The zero-order chi connectivity index (χ0) is 22.0. The van der Waals surface area contributed by atoms with Crippen LogP contribution in [0.1, 0.15) is 24.7 Å². The summed E-state index contributed by atoms with van der Waals surface area (Å²) in [4.78, 5) is 4.74. The molecule has 1 aromatic heterocycles. The van der Waals surface area contributed by atoms with Gasteiger partial charge in [-0.2, -0.15) is 9.29 Å². The topological polar surface area (TPSA) is 94.8 Å². The van der Waals surface area contributed by atoms with Gasteiger partial charge in [-0.15, -0.1) is 0 Å². The Bertz CT molecular complexity index is 1160. The lowest BCUT2D eigenvalue weighted by atomic mass is 10.00. The minimum absolute atomic E-state index is 0.183. The molecule has 0 aliphatic carbocycles. The molecule has 1 saturated heterocycles. The van der Waals surface area contributed by atoms with Crippen molar-refractivity contribution in [2.45, 2.75) is 23.7 Å². The summed E-state index contributed by atoms with van der Waals surface area (Å²) in [5, 5.41) is 4.57. The number of benzene rings is 2. The standard InChI is InChI=1S/C21H22ClN3O5S/c1-28-18-10-5-14(12-19(18)29-2)20-23-21(30-24-20)15-4-3-11-25(13-15)31(26,27)17-8-6-16(22)7-9-17/h5-10,12,15H,3-4,11,13H2,1-2H3/t15-/m0/s1. The Morgan fingerprint density at radius 2 is 1.84 bits per heavy atom. The van der Waals surface area contributed by atoms with Crippen molar-refractivity contribution in [2.75, 3.05) is 27.3 Å². The second-order valence-electron chi connectivity index (χ2n) is 7.18. The van der Waals surface area contributed by atoms with Crippen molar-refractivity contribution < 1.29 is 22.4 Å². The van der Waals surface area contributed by atoms with E-state index in [0.29, 0.717) is 46.8 Å². The van der Waals surface area contributed by atoms with E-state index in [9.17, 15) is 8.42 Å². The first-order chi connectivity index (χ1) is 14.9. The normalized spacial score (nSPS) is 17.5. The average molecular weight is 464 g/mol. The molecule has 1 atom stereocenters. The second kappa shape index (κ2) is 8.86. The Morgan fingerprint density at radius 1 is 1.10 bits per heavy atom. The number of hydrogen-bond donors (Lipinski definition) is 0. The van der Waals surface area contributed by atoms with Crippen molar-refractivity contribution >= 4 is 21.6 Å². The van der Waals surface area contributed by atoms with Crippen LogP contribution in [0.15, 0.2) is 51.9 Å². The Labute approximate surface area is 185 Å². The highest BCUT2D eigenvalue weighted by atomic mass is 35.5. The number of hydrogen-bond acceptors (Lipinski definition) is 7. The maximum absolute atomic E-state index is 13.0. The summed E-state index contributed by atoms with van der Waals surface area (Å²) in [6.07, 6.45) is 1.46. The summed E-state index contributed by atoms with van der Waals surface area (Å²) in [6.45, 7) is 0.719. The lowest BCUT2D eigenvalue weighted by molar-refractivity contribution is 0.265. The third kappa shape index (κ3) is 4.39. The van der Waals surface area contributed by atoms with Gasteiger partial charge in [-0.1, -0.05) is 16.8 Å². The number of halogens is 1. The molecule has 10 heteroatoms. The molecule has 1 aliphatic heterocycles. The van der Waals surface area contributed by atoms with Crippen LogP contribution in [0, 0.1) is 0 Å². The monoisotopic (exact) mass is 463 g/mol. The summed E-state index contributed by atoms with van der Waals surface area (Å²) in [7, 11) is -0.504. The molecule has 1 fully saturated rings. The van der Waals surface area contributed by atoms with Gasteiger partial charge >= 0.3 is 0 Å². The highest BCUT2D eigenvalue weighted by Crippen LogP contribution is 2.33. The highest BCUT2D eigenvalue weighted by molar-refractivity contribution is 7.89. The Balaban J connectivity index is 1.55. The molecule has 0 N–H and O–H groups in total. The molecular formula is C21H22ClN3O5S. The van der Waals surface area contributed by atoms with Crippen molar-refractivity contribution in [1.82, 2.24) is 14.4 Å². The fourth-order valence-electron chi connectivity index (χ4n) is 3.61. The van der Waals surface area contributed by atoms with E-state index in [1.165, 1.54) is 16.4 Å². The summed E-state index contributed by atoms with van der Waals surface area (Å²) >= 11 is 5.89. The van der Waals surface area contributed by atoms with Gasteiger partial charge in [0.25, 0.3) is 0 Å². The third-order valence-corrected chi connectivity index (χ3v) is 7.40. The van der Waals surface area contributed by atoms with E-state index in [0.717, 1.165) is 6.42 Å². The fourth-order valence-corrected chi connectivity index (χ4v) is 5.26. The van der Waals surface area contributed by atoms with Crippen LogP contribution in [0.2, 0.25) is 5.02 Å². The van der Waals surface area contributed by atoms with Crippen molar-refractivity contribution in [3.63, 3.8) is 0 Å². The first-order valence-corrected chi connectivity index (χ1v) is 11.6. The molecule has 8 nitrogen and oxygen atoms in total. The molecule has 4 rings (SSSR count). The van der Waals surface area contributed by atoms with E-state index in [1.807, 2.05) is 6.07 Å². The first-order valence-electron chi connectivity index (χ1n) is 9.74. The Morgan fingerprint density at radius 3 is 2.55 bits per heavy atom. The summed E-state index contributed by atoms with van der Waals surface area (Å²) in [5.41, 5.74) is 0.717. The molecule has 2 aromatic carbocycles. The van der Waals surface area contributed by atoms with Crippen LogP contribution in [-0.4, -0.2) is 50.2 Å². The van der Waals surface area contributed by atoms with Crippen LogP contribution < -0.4 is 9.47 Å². The quantitative estimate of drug-likeness (QED) is 0.545. The van der Waals surface area contributed by atoms with Gasteiger partial charge in [-0.3, -0.25) is 0 Å². The largest absolute Gasteiger partial charge is 0.493 e. The molecule has 0 radical (unpaired) electrons. The number of piperidine rings is 1. The third-order valence-electron chi connectivity index (χ3n) is 5.27. The number of aromatic nitrogens is 2. The molecule has 164 valence electrons. The summed E-state index contributed by atoms with van der Waals surface area (Å²) in [6, 6.07) is 11.5. The van der Waals surface area contributed by atoms with Gasteiger partial charge in [-0.25, -0.2) is 8.42 Å². The SMILES string of the molecule is COc1ccc(-c2noc([C@H]3CCCN(S(=O)(=O)c4ccc(Cl)cc4)C3)n2)cc1OC. The zero-order valence-electron chi connectivity index (χ0n) is 17.1. The predicted octanol–water partition coefficient (Wildman–Crippen LogP) is 3.98. The van der Waals surface area contributed by atoms with E-state index < -0.39 is 10.0 Å². The zero-order valence-corrected chi connectivity index (χ0v) is 18.7. The highest BCUT2D eigenvalue weighted by Gasteiger charge is 2.33. The van der Waals surface area contributed by atoms with E-state index in [1.54, 1.807) is 38.5 Å². The van der Waals surface area contributed by atoms with Crippen LogP contribution in [0.5, 0.6) is 11.5 Å². The molecule has 0 saturated carbocycles. The van der Waals surface area contributed by atoms with E-state index >= 15 is 0 Å². The second-order valence-corrected chi connectivity index (χ2v) is 9.56. The van der Waals surface area contributed by atoms with Gasteiger partial charge in [0.05, 0.1) is 25.0 Å². The van der Waals surface area contributed by atoms with Gasteiger partial charge in [0.2, 0.25) is 21.7 Å². The van der Waals surface area contributed by atoms with Gasteiger partial charge in [-0.05, 0) is 55.3 Å². The number of ether oxygens (including phenoxy) is 2. The number of methoxy groups -OCH3 is 2. The summed E-state index contributed by atoms with van der Waals surface area (Å²) < 4.78 is 43.6. The fraction of sp³-hybridized carbons (Fsp3) is 0.333. The molecule has 0 spiro atoms. The minimum Gasteiger partial charge on any atom is -0.493 e. The van der Waals surface area contributed by atoms with Crippen molar-refractivity contribution in [2.24, 2.45) is 0 Å². The van der Waals surface area contributed by atoms with Crippen LogP contribution in [-0.2, 0) is 10.0 Å². The van der Waals surface area contributed by atoms with Crippen molar-refractivity contribution in [3.8, 4) is 22.9 Å². The van der Waals surface area contributed by atoms with Gasteiger partial charge < -0.3 is 14.0 Å². The van der Waals surface area contributed by atoms with Crippen LogP contribution >= 0.6 is 11.6 Å². The molecule has 3 aromatic rings. The van der Waals surface area contributed by atoms with E-state index in [2.05, 4.69) is 10.1 Å². The average Bonchev–Trinajstić information content (AvgIpc) is 3.29. The van der Waals surface area contributed by atoms with Crippen molar-refractivity contribution in [3.05, 3.63) is 53.4 Å². The molecule has 31 heavy (non-hydrogen) atoms. The molecular weight excluding hydrogens is 442 g/mol. The lowest BCUT2D eigenvalue weighted by Gasteiger charge is -2.30. The van der Waals surface area contributed by atoms with Crippen LogP contribution in [0.25, 0.3) is 11.4 Å². The summed E-state index contributed by atoms with van der Waals surface area (Å²) in [5.74, 6) is 1.81. The van der Waals surface area contributed by atoms with Gasteiger partial charge in [0.1, 0.15) is 0 Å². The number of rotatable bonds is 6. The Kier molecular flexibility index (Phi) is 6.17. The predicted molar refractivity (Wildman–Crippen MR) is 115 cm³/mol. The molecule has 0 amide bonds. The molecule has 0 bridgehead atoms. The van der Waals surface area contributed by atoms with Crippen molar-refractivity contribution in [1.29, 1.82) is 0 Å². The van der Waals surface area contributed by atoms with Crippen LogP contribution in [0.4, 0.5) is 0 Å². The van der Waals surface area contributed by atoms with Gasteiger partial charge in [0.15, 0.2) is 11.5 Å². The van der Waals surface area contributed by atoms with Crippen LogP contribution in [0.3, 0.4) is 0 Å². The Hall–Kier alpha value is -2.62. The maximum atomic E-state index is 13.0. The number of sulfonamides is 1. The number of nitrogens with zero attached hydrogens (tertiary/aromatic N) is 3. The molecule has 2 heterocycles. The van der Waals surface area contributed by atoms with E-state index in [-0.39, 0.29) is 17.4 Å². The minimum atomic E-state index is -3.63. The first kappa shape index (κ1) is 21.6. The smallest absolute Gasteiger partial charge is 0.243 e. The molecule has 0 unspecified atom stereocenters. The maximum Gasteiger partial charge on any atom is 0.243 e.